The number of aromatic nitrogens is 1. The maximum absolute atomic E-state index is 8.82. The van der Waals surface area contributed by atoms with Crippen molar-refractivity contribution in [1.82, 2.24) is 4.98 Å². The Morgan fingerprint density at radius 3 is 2.80 bits per heavy atom. The molecule has 1 aromatic heterocycles. The second-order valence-corrected chi connectivity index (χ2v) is 3.80. The third-order valence-corrected chi connectivity index (χ3v) is 2.26. The lowest BCUT2D eigenvalue weighted by Crippen LogP contribution is -2.32. The van der Waals surface area contributed by atoms with Crippen molar-refractivity contribution in [2.75, 3.05) is 11.4 Å². The van der Waals surface area contributed by atoms with Crippen LogP contribution in [0, 0.1) is 11.3 Å². The number of pyridine rings is 1. The summed E-state index contributed by atoms with van der Waals surface area (Å²) in [7, 11) is 0. The van der Waals surface area contributed by atoms with E-state index in [0.29, 0.717) is 11.6 Å². The average molecular weight is 203 g/mol. The molecule has 0 saturated heterocycles. The van der Waals surface area contributed by atoms with Crippen molar-refractivity contribution in [1.29, 1.82) is 5.26 Å². The molecule has 0 saturated carbocycles. The van der Waals surface area contributed by atoms with Crippen molar-refractivity contribution in [2.24, 2.45) is 0 Å². The number of hydrogen-bond acceptors (Lipinski definition) is 3. The zero-order chi connectivity index (χ0) is 11.3. The lowest BCUT2D eigenvalue weighted by atomic mass is 10.2. The molecule has 0 aliphatic rings. The molecule has 0 aromatic carbocycles. The highest BCUT2D eigenvalue weighted by Gasteiger charge is 2.10. The highest BCUT2D eigenvalue weighted by atomic mass is 15.2. The molecule has 80 valence electrons. The van der Waals surface area contributed by atoms with Gasteiger partial charge in [-0.3, -0.25) is 0 Å². The minimum atomic E-state index is 0.409. The first-order valence-corrected chi connectivity index (χ1v) is 5.31. The van der Waals surface area contributed by atoms with Gasteiger partial charge in [0.15, 0.2) is 0 Å². The summed E-state index contributed by atoms with van der Waals surface area (Å²) in [5, 5.41) is 8.82. The molecule has 0 spiro atoms. The van der Waals surface area contributed by atoms with Gasteiger partial charge in [0.2, 0.25) is 0 Å². The van der Waals surface area contributed by atoms with Crippen LogP contribution in [0.1, 0.15) is 32.8 Å². The minimum Gasteiger partial charge on any atom is -0.354 e. The largest absolute Gasteiger partial charge is 0.354 e. The van der Waals surface area contributed by atoms with Crippen LogP contribution in [0.5, 0.6) is 0 Å². The van der Waals surface area contributed by atoms with Crippen molar-refractivity contribution in [3.63, 3.8) is 0 Å². The van der Waals surface area contributed by atoms with E-state index in [1.807, 2.05) is 6.07 Å². The molecule has 0 N–H and O–H groups in total. The van der Waals surface area contributed by atoms with Crippen molar-refractivity contribution in [3.8, 4) is 6.07 Å². The molecular formula is C12H17N3. The van der Waals surface area contributed by atoms with Gasteiger partial charge in [0.05, 0.1) is 11.6 Å². The Morgan fingerprint density at radius 1 is 1.53 bits per heavy atom. The second-order valence-electron chi connectivity index (χ2n) is 3.80. The first-order chi connectivity index (χ1) is 7.19. The van der Waals surface area contributed by atoms with E-state index >= 15 is 0 Å². The van der Waals surface area contributed by atoms with Crippen LogP contribution in [-0.4, -0.2) is 17.6 Å². The van der Waals surface area contributed by atoms with Gasteiger partial charge in [0, 0.05) is 18.8 Å². The molecule has 0 unspecified atom stereocenters. The van der Waals surface area contributed by atoms with Crippen LogP contribution in [0.25, 0.3) is 0 Å². The van der Waals surface area contributed by atoms with Gasteiger partial charge in [-0.2, -0.15) is 5.26 Å². The highest BCUT2D eigenvalue weighted by molar-refractivity contribution is 5.45. The molecular weight excluding hydrogens is 186 g/mol. The van der Waals surface area contributed by atoms with Crippen LogP contribution in [-0.2, 0) is 0 Å². The van der Waals surface area contributed by atoms with Gasteiger partial charge < -0.3 is 4.90 Å². The lowest BCUT2D eigenvalue weighted by molar-refractivity contribution is 0.662. The molecule has 0 atom stereocenters. The van der Waals surface area contributed by atoms with Crippen molar-refractivity contribution in [3.05, 3.63) is 23.9 Å². The fourth-order valence-electron chi connectivity index (χ4n) is 1.52. The number of rotatable bonds is 4. The smallest absolute Gasteiger partial charge is 0.130 e. The summed E-state index contributed by atoms with van der Waals surface area (Å²) in [5.74, 6) is 0.894. The van der Waals surface area contributed by atoms with Crippen molar-refractivity contribution >= 4 is 5.82 Å². The maximum atomic E-state index is 8.82. The van der Waals surface area contributed by atoms with E-state index in [2.05, 4.69) is 36.7 Å². The molecule has 0 amide bonds. The molecule has 1 heterocycles. The summed E-state index contributed by atoms with van der Waals surface area (Å²) < 4.78 is 0. The zero-order valence-corrected chi connectivity index (χ0v) is 9.57. The predicted octanol–water partition coefficient (Wildman–Crippen LogP) is 2.58. The maximum Gasteiger partial charge on any atom is 0.130 e. The van der Waals surface area contributed by atoms with E-state index in [9.17, 15) is 0 Å². The van der Waals surface area contributed by atoms with Crippen LogP contribution >= 0.6 is 0 Å². The van der Waals surface area contributed by atoms with Crippen LogP contribution in [0.2, 0.25) is 0 Å². The first kappa shape index (κ1) is 11.5. The van der Waals surface area contributed by atoms with E-state index in [1.54, 1.807) is 12.3 Å². The van der Waals surface area contributed by atoms with Gasteiger partial charge in [-0.15, -0.1) is 0 Å². The highest BCUT2D eigenvalue weighted by Crippen LogP contribution is 2.15. The lowest BCUT2D eigenvalue weighted by Gasteiger charge is -2.27. The van der Waals surface area contributed by atoms with Crippen molar-refractivity contribution < 1.29 is 0 Å². The minimum absolute atomic E-state index is 0.409. The number of nitrogens with zero attached hydrogens (tertiary/aromatic N) is 3. The van der Waals surface area contributed by atoms with Crippen LogP contribution in [0.4, 0.5) is 5.82 Å². The molecule has 3 nitrogen and oxygen atoms in total. The Bertz CT molecular complexity index is 352. The topological polar surface area (TPSA) is 39.9 Å². The van der Waals surface area contributed by atoms with Gasteiger partial charge in [-0.25, -0.2) is 4.98 Å². The quantitative estimate of drug-likeness (QED) is 0.755. The van der Waals surface area contributed by atoms with Gasteiger partial charge in [0.1, 0.15) is 5.82 Å². The number of hydrogen-bond donors (Lipinski definition) is 0. The summed E-state index contributed by atoms with van der Waals surface area (Å²) in [6.45, 7) is 7.38. The zero-order valence-electron chi connectivity index (χ0n) is 9.57. The molecule has 0 radical (unpaired) electrons. The second kappa shape index (κ2) is 5.35. The molecule has 0 fully saturated rings. The van der Waals surface area contributed by atoms with E-state index in [-0.39, 0.29) is 0 Å². The predicted molar refractivity (Wildman–Crippen MR) is 61.7 cm³/mol. The first-order valence-electron chi connectivity index (χ1n) is 5.31. The Morgan fingerprint density at radius 2 is 2.27 bits per heavy atom. The molecule has 0 aliphatic heterocycles. The fraction of sp³-hybridized carbons (Fsp3) is 0.500. The third kappa shape index (κ3) is 2.95. The molecule has 0 aliphatic carbocycles. The van der Waals surface area contributed by atoms with Crippen LogP contribution in [0.15, 0.2) is 18.3 Å². The van der Waals surface area contributed by atoms with Crippen LogP contribution in [0.3, 0.4) is 0 Å². The van der Waals surface area contributed by atoms with E-state index in [4.69, 9.17) is 5.26 Å². The normalized spacial score (nSPS) is 10.1. The number of nitriles is 1. The SMILES string of the molecule is CCCN(c1cc(C#N)ccn1)C(C)C. The van der Waals surface area contributed by atoms with Gasteiger partial charge in [-0.05, 0) is 32.4 Å². The van der Waals surface area contributed by atoms with Crippen LogP contribution < -0.4 is 4.90 Å². The van der Waals surface area contributed by atoms with E-state index in [1.165, 1.54) is 0 Å². The molecule has 3 heteroatoms. The molecule has 1 aromatic rings. The van der Waals surface area contributed by atoms with E-state index in [0.717, 1.165) is 18.8 Å². The standard InChI is InChI=1S/C12H17N3/c1-4-7-15(10(2)3)12-8-11(9-13)5-6-14-12/h5-6,8,10H,4,7H2,1-3H3. The van der Waals surface area contributed by atoms with Crippen molar-refractivity contribution in [2.45, 2.75) is 33.2 Å². The summed E-state index contributed by atoms with van der Waals surface area (Å²) in [6, 6.07) is 6.12. The number of anilines is 1. The summed E-state index contributed by atoms with van der Waals surface area (Å²) in [6.07, 6.45) is 2.77. The monoisotopic (exact) mass is 203 g/mol. The molecule has 1 rings (SSSR count). The third-order valence-electron chi connectivity index (χ3n) is 2.26. The molecule has 0 bridgehead atoms. The average Bonchev–Trinajstić information content (AvgIpc) is 2.25. The fourth-order valence-corrected chi connectivity index (χ4v) is 1.52. The molecule has 15 heavy (non-hydrogen) atoms. The Hall–Kier alpha value is -1.56. The Balaban J connectivity index is 2.96. The van der Waals surface area contributed by atoms with Gasteiger partial charge in [0.25, 0.3) is 0 Å². The summed E-state index contributed by atoms with van der Waals surface area (Å²) in [5.41, 5.74) is 0.668. The van der Waals surface area contributed by atoms with E-state index < -0.39 is 0 Å². The summed E-state index contributed by atoms with van der Waals surface area (Å²) in [4.78, 5) is 6.51. The summed E-state index contributed by atoms with van der Waals surface area (Å²) >= 11 is 0. The Labute approximate surface area is 91.4 Å². The van der Waals surface area contributed by atoms with Gasteiger partial charge in [-0.1, -0.05) is 6.92 Å². The Kier molecular flexibility index (Phi) is 4.11. The van der Waals surface area contributed by atoms with Gasteiger partial charge >= 0.3 is 0 Å².